The molecule has 0 amide bonds. The summed E-state index contributed by atoms with van der Waals surface area (Å²) in [5, 5.41) is 0. The molecule has 0 aliphatic carbocycles. The van der Waals surface area contributed by atoms with Gasteiger partial charge < -0.3 is 23.7 Å². The number of ether oxygens (including phenoxy) is 5. The molecule has 0 aliphatic rings. The Morgan fingerprint density at radius 3 is 1.37 bits per heavy atom. The number of carbonyl (C=O) groups excluding carboxylic acids is 1. The van der Waals surface area contributed by atoms with E-state index in [0.29, 0.717) is 52.9 Å². The van der Waals surface area contributed by atoms with E-state index in [9.17, 15) is 4.79 Å². The molecule has 180 valence electrons. The van der Waals surface area contributed by atoms with Gasteiger partial charge in [-0.1, -0.05) is 71.1 Å². The fraction of sp³-hybridized carbons (Fsp3) is 0.958. The van der Waals surface area contributed by atoms with Crippen LogP contribution in [0.4, 0.5) is 0 Å². The van der Waals surface area contributed by atoms with E-state index in [2.05, 4.69) is 6.92 Å². The zero-order valence-corrected chi connectivity index (χ0v) is 19.8. The van der Waals surface area contributed by atoms with Crippen molar-refractivity contribution in [2.24, 2.45) is 0 Å². The zero-order valence-electron chi connectivity index (χ0n) is 19.8. The van der Waals surface area contributed by atoms with Crippen molar-refractivity contribution < 1.29 is 28.5 Å². The van der Waals surface area contributed by atoms with Gasteiger partial charge >= 0.3 is 5.97 Å². The fourth-order valence-electron chi connectivity index (χ4n) is 3.02. The van der Waals surface area contributed by atoms with E-state index in [-0.39, 0.29) is 12.4 Å². The van der Waals surface area contributed by atoms with Crippen LogP contribution in [0.3, 0.4) is 0 Å². The third kappa shape index (κ3) is 25.3. The molecule has 0 fully saturated rings. The molecule has 0 N–H and O–H groups in total. The molecule has 30 heavy (non-hydrogen) atoms. The second kappa shape index (κ2) is 26.3. The van der Waals surface area contributed by atoms with Crippen molar-refractivity contribution in [2.75, 3.05) is 59.5 Å². The number of rotatable bonds is 25. The quantitative estimate of drug-likeness (QED) is 0.144. The van der Waals surface area contributed by atoms with Gasteiger partial charge in [0.25, 0.3) is 0 Å². The minimum atomic E-state index is -0.225. The van der Waals surface area contributed by atoms with Crippen molar-refractivity contribution in [3.05, 3.63) is 0 Å². The number of hydrogen-bond acceptors (Lipinski definition) is 6. The summed E-state index contributed by atoms with van der Waals surface area (Å²) < 4.78 is 26.6. The van der Waals surface area contributed by atoms with E-state index in [0.717, 1.165) is 13.0 Å². The van der Waals surface area contributed by atoms with Crippen molar-refractivity contribution in [1.29, 1.82) is 0 Å². The lowest BCUT2D eigenvalue weighted by molar-refractivity contribution is -0.144. The molecule has 0 aliphatic heterocycles. The van der Waals surface area contributed by atoms with Crippen LogP contribution in [-0.2, 0) is 28.5 Å². The van der Waals surface area contributed by atoms with Crippen molar-refractivity contribution in [1.82, 2.24) is 0 Å². The average Bonchev–Trinajstić information content (AvgIpc) is 2.74. The molecule has 0 atom stereocenters. The summed E-state index contributed by atoms with van der Waals surface area (Å²) in [7, 11) is 0. The highest BCUT2D eigenvalue weighted by Crippen LogP contribution is 2.11. The molecular formula is C24H48O6. The minimum absolute atomic E-state index is 0.225. The van der Waals surface area contributed by atoms with E-state index in [4.69, 9.17) is 23.7 Å². The molecule has 0 bridgehead atoms. The first-order valence-electron chi connectivity index (χ1n) is 12.3. The van der Waals surface area contributed by atoms with Crippen LogP contribution in [-0.4, -0.2) is 65.4 Å². The van der Waals surface area contributed by atoms with Gasteiger partial charge in [0.15, 0.2) is 0 Å². The molecule has 0 aromatic heterocycles. The van der Waals surface area contributed by atoms with Crippen LogP contribution in [0, 0.1) is 0 Å². The third-order valence-corrected chi connectivity index (χ3v) is 4.76. The molecule has 6 heteroatoms. The Hall–Kier alpha value is -0.690. The van der Waals surface area contributed by atoms with E-state index < -0.39 is 0 Å². The number of hydrogen-bond donors (Lipinski definition) is 0. The van der Waals surface area contributed by atoms with E-state index in [1.807, 2.05) is 0 Å². The molecule has 0 aromatic rings. The summed E-state index contributed by atoms with van der Waals surface area (Å²) in [6.45, 7) is 9.01. The van der Waals surface area contributed by atoms with Gasteiger partial charge in [0, 0.05) is 6.61 Å². The van der Waals surface area contributed by atoms with E-state index in [1.165, 1.54) is 64.2 Å². The van der Waals surface area contributed by atoms with Crippen LogP contribution in [0.5, 0.6) is 0 Å². The highest BCUT2D eigenvalue weighted by Gasteiger charge is 2.00. The van der Waals surface area contributed by atoms with E-state index >= 15 is 0 Å². The van der Waals surface area contributed by atoms with Crippen molar-refractivity contribution in [3.63, 3.8) is 0 Å². The van der Waals surface area contributed by atoms with E-state index in [1.54, 1.807) is 6.92 Å². The van der Waals surface area contributed by atoms with Gasteiger partial charge in [-0.05, 0) is 13.3 Å². The molecule has 0 rings (SSSR count). The fourth-order valence-corrected chi connectivity index (χ4v) is 3.02. The first-order valence-corrected chi connectivity index (χ1v) is 12.3. The van der Waals surface area contributed by atoms with Crippen LogP contribution in [0.25, 0.3) is 0 Å². The normalized spacial score (nSPS) is 11.1. The predicted molar refractivity (Wildman–Crippen MR) is 121 cm³/mol. The highest BCUT2D eigenvalue weighted by molar-refractivity contribution is 5.69. The lowest BCUT2D eigenvalue weighted by atomic mass is 10.1. The SMILES string of the molecule is CCCCCCCCCCCCCOCCOCCOCCOCCC(=O)OCC. The third-order valence-electron chi connectivity index (χ3n) is 4.76. The van der Waals surface area contributed by atoms with Gasteiger partial charge in [0.05, 0.1) is 59.3 Å². The van der Waals surface area contributed by atoms with Crippen molar-refractivity contribution in [2.45, 2.75) is 90.9 Å². The summed E-state index contributed by atoms with van der Waals surface area (Å²) in [5.41, 5.74) is 0. The molecule has 0 saturated carbocycles. The maximum Gasteiger partial charge on any atom is 0.308 e. The van der Waals surface area contributed by atoms with Crippen LogP contribution < -0.4 is 0 Å². The Balaban J connectivity index is 3.03. The Kier molecular flexibility index (Phi) is 25.7. The standard InChI is InChI=1S/C24H48O6/c1-3-5-6-7-8-9-10-11-12-13-14-16-26-18-20-28-22-23-29-21-19-27-17-15-24(25)30-4-2/h3-23H2,1-2H3. The molecule has 0 unspecified atom stereocenters. The molecule has 0 heterocycles. The molecular weight excluding hydrogens is 384 g/mol. The van der Waals surface area contributed by atoms with Crippen LogP contribution in [0.2, 0.25) is 0 Å². The summed E-state index contributed by atoms with van der Waals surface area (Å²) >= 11 is 0. The van der Waals surface area contributed by atoms with Gasteiger partial charge in [-0.25, -0.2) is 0 Å². The second-order valence-electron chi connectivity index (χ2n) is 7.54. The topological polar surface area (TPSA) is 63.2 Å². The highest BCUT2D eigenvalue weighted by atomic mass is 16.6. The predicted octanol–water partition coefficient (Wildman–Crippen LogP) is 5.32. The lowest BCUT2D eigenvalue weighted by Gasteiger charge is -2.07. The van der Waals surface area contributed by atoms with Crippen LogP contribution in [0.1, 0.15) is 90.9 Å². The average molecular weight is 433 g/mol. The molecule has 0 aromatic carbocycles. The van der Waals surface area contributed by atoms with Crippen molar-refractivity contribution in [3.8, 4) is 0 Å². The Morgan fingerprint density at radius 1 is 0.500 bits per heavy atom. The summed E-state index contributed by atoms with van der Waals surface area (Å²) in [5.74, 6) is -0.225. The number of esters is 1. The number of carbonyl (C=O) groups is 1. The Bertz CT molecular complexity index is 338. The van der Waals surface area contributed by atoms with Crippen LogP contribution >= 0.6 is 0 Å². The summed E-state index contributed by atoms with van der Waals surface area (Å²) in [4.78, 5) is 11.1. The first-order chi connectivity index (χ1) is 14.8. The lowest BCUT2D eigenvalue weighted by Crippen LogP contribution is -2.13. The molecule has 0 saturated heterocycles. The zero-order chi connectivity index (χ0) is 22.0. The molecule has 0 spiro atoms. The van der Waals surface area contributed by atoms with Gasteiger partial charge in [-0.3, -0.25) is 4.79 Å². The van der Waals surface area contributed by atoms with Gasteiger partial charge in [0.1, 0.15) is 0 Å². The van der Waals surface area contributed by atoms with Crippen molar-refractivity contribution >= 4 is 5.97 Å². The number of unbranched alkanes of at least 4 members (excludes halogenated alkanes) is 10. The van der Waals surface area contributed by atoms with Gasteiger partial charge in [0.2, 0.25) is 0 Å². The van der Waals surface area contributed by atoms with Gasteiger partial charge in [-0.2, -0.15) is 0 Å². The largest absolute Gasteiger partial charge is 0.466 e. The van der Waals surface area contributed by atoms with Gasteiger partial charge in [-0.15, -0.1) is 0 Å². The minimum Gasteiger partial charge on any atom is -0.466 e. The summed E-state index contributed by atoms with van der Waals surface area (Å²) in [6, 6.07) is 0. The molecule has 0 radical (unpaired) electrons. The maximum absolute atomic E-state index is 11.1. The smallest absolute Gasteiger partial charge is 0.308 e. The Morgan fingerprint density at radius 2 is 0.900 bits per heavy atom. The Labute approximate surface area is 185 Å². The first kappa shape index (κ1) is 29.3. The molecule has 6 nitrogen and oxygen atoms in total. The van der Waals surface area contributed by atoms with Crippen LogP contribution in [0.15, 0.2) is 0 Å². The second-order valence-corrected chi connectivity index (χ2v) is 7.54. The monoisotopic (exact) mass is 432 g/mol. The maximum atomic E-state index is 11.1. The summed E-state index contributed by atoms with van der Waals surface area (Å²) in [6.07, 6.45) is 15.2.